The molecule has 0 fully saturated rings. The number of rotatable bonds is 7. The molecule has 2 aromatic heterocycles. The smallest absolute Gasteiger partial charge is 0.147 e. The number of hydrogen-bond acceptors (Lipinski definition) is 8. The summed E-state index contributed by atoms with van der Waals surface area (Å²) in [5.74, 6) is 0.753. The minimum absolute atomic E-state index is 0.112. The monoisotopic (exact) mass is 398 g/mol. The van der Waals surface area contributed by atoms with Gasteiger partial charge in [-0.3, -0.25) is 4.98 Å². The van der Waals surface area contributed by atoms with E-state index in [1.807, 2.05) is 6.92 Å². The average Bonchev–Trinajstić information content (AvgIpc) is 3.03. The fourth-order valence-electron chi connectivity index (χ4n) is 3.18. The molecule has 0 saturated heterocycles. The predicted molar refractivity (Wildman–Crippen MR) is 111 cm³/mol. The van der Waals surface area contributed by atoms with Gasteiger partial charge in [0.1, 0.15) is 34.9 Å². The van der Waals surface area contributed by atoms with Crippen molar-refractivity contribution in [3.05, 3.63) is 47.2 Å². The maximum Gasteiger partial charge on any atom is 0.147 e. The highest BCUT2D eigenvalue weighted by atomic mass is 16.5. The number of hydrogen-bond donors (Lipinski definition) is 5. The van der Waals surface area contributed by atoms with Gasteiger partial charge in [-0.1, -0.05) is 6.07 Å². The van der Waals surface area contributed by atoms with Gasteiger partial charge in [-0.25, -0.2) is 4.68 Å². The molecule has 0 aliphatic carbocycles. The highest BCUT2D eigenvalue weighted by Gasteiger charge is 2.26. The summed E-state index contributed by atoms with van der Waals surface area (Å²) in [5.41, 5.74) is 20.7. The van der Waals surface area contributed by atoms with Crippen LogP contribution in [0.15, 0.2) is 30.5 Å². The molecule has 29 heavy (non-hydrogen) atoms. The summed E-state index contributed by atoms with van der Waals surface area (Å²) >= 11 is 0. The quantitative estimate of drug-likeness (QED) is 0.296. The number of pyridine rings is 1. The van der Waals surface area contributed by atoms with Crippen LogP contribution in [-0.2, 0) is 0 Å². The summed E-state index contributed by atoms with van der Waals surface area (Å²) in [7, 11) is 0. The van der Waals surface area contributed by atoms with Crippen LogP contribution in [0.1, 0.15) is 29.3 Å². The van der Waals surface area contributed by atoms with Gasteiger partial charge < -0.3 is 32.2 Å². The van der Waals surface area contributed by atoms with Gasteiger partial charge in [0.05, 0.1) is 17.9 Å². The minimum atomic E-state index is -1.38. The van der Waals surface area contributed by atoms with Crippen LogP contribution in [0.2, 0.25) is 0 Å². The Balaban J connectivity index is 2.21. The highest BCUT2D eigenvalue weighted by molar-refractivity contribution is 5.73. The summed E-state index contributed by atoms with van der Waals surface area (Å²) in [5, 5.41) is 25.0. The van der Waals surface area contributed by atoms with Crippen molar-refractivity contribution < 1.29 is 14.9 Å². The van der Waals surface area contributed by atoms with Crippen LogP contribution >= 0.6 is 0 Å². The van der Waals surface area contributed by atoms with Crippen LogP contribution in [0.4, 0.5) is 5.82 Å². The Kier molecular flexibility index (Phi) is 6.02. The lowest BCUT2D eigenvalue weighted by molar-refractivity contribution is 0.187. The van der Waals surface area contributed by atoms with Gasteiger partial charge >= 0.3 is 0 Å². The Bertz CT molecular complexity index is 1020. The lowest BCUT2D eigenvalue weighted by Gasteiger charge is -2.13. The van der Waals surface area contributed by atoms with Crippen molar-refractivity contribution in [3.8, 4) is 28.6 Å². The number of aromatic hydroxyl groups is 1. The molecule has 2 heterocycles. The summed E-state index contributed by atoms with van der Waals surface area (Å²) in [6.07, 6.45) is 0.896. The number of aromatic nitrogens is 3. The van der Waals surface area contributed by atoms with Gasteiger partial charge in [-0.05, 0) is 50.6 Å². The summed E-state index contributed by atoms with van der Waals surface area (Å²) in [6, 6.07) is 6.87. The molecule has 154 valence electrons. The van der Waals surface area contributed by atoms with Crippen molar-refractivity contribution in [2.45, 2.75) is 26.5 Å². The van der Waals surface area contributed by atoms with Crippen molar-refractivity contribution in [1.82, 2.24) is 14.8 Å². The molecule has 0 aliphatic heterocycles. The molecular weight excluding hydrogens is 372 g/mol. The molecule has 0 spiro atoms. The van der Waals surface area contributed by atoms with E-state index < -0.39 is 6.23 Å². The second-order valence-corrected chi connectivity index (χ2v) is 6.72. The topological polar surface area (TPSA) is 158 Å². The molecule has 0 aliphatic rings. The zero-order valence-corrected chi connectivity index (χ0v) is 16.5. The Morgan fingerprint density at radius 2 is 1.97 bits per heavy atom. The number of anilines is 1. The Hall–Kier alpha value is -3.14. The van der Waals surface area contributed by atoms with Gasteiger partial charge in [0.2, 0.25) is 0 Å². The number of nitrogen functional groups attached to an aromatic ring is 1. The molecule has 1 aromatic carbocycles. The average molecular weight is 398 g/mol. The molecule has 0 amide bonds. The van der Waals surface area contributed by atoms with Gasteiger partial charge in [0, 0.05) is 11.8 Å². The molecule has 8 N–H and O–H groups in total. The van der Waals surface area contributed by atoms with E-state index in [9.17, 15) is 10.2 Å². The summed E-state index contributed by atoms with van der Waals surface area (Å²) < 4.78 is 7.25. The fourth-order valence-corrected chi connectivity index (χ4v) is 3.18. The Morgan fingerprint density at radius 3 is 2.66 bits per heavy atom. The van der Waals surface area contributed by atoms with Crippen molar-refractivity contribution in [1.29, 1.82) is 0 Å². The van der Waals surface area contributed by atoms with E-state index in [0.717, 1.165) is 5.56 Å². The van der Waals surface area contributed by atoms with Gasteiger partial charge in [0.15, 0.2) is 0 Å². The number of phenolic OH excluding ortho intramolecular Hbond substituents is 1. The van der Waals surface area contributed by atoms with Gasteiger partial charge in [-0.15, -0.1) is 0 Å². The number of aliphatic hydroxyl groups is 1. The fraction of sp³-hybridized carbons (Fsp3) is 0.300. The van der Waals surface area contributed by atoms with Crippen molar-refractivity contribution in [2.24, 2.45) is 11.5 Å². The molecule has 0 saturated carbocycles. The Labute approximate surface area is 168 Å². The van der Waals surface area contributed by atoms with E-state index >= 15 is 0 Å². The van der Waals surface area contributed by atoms with Crippen LogP contribution < -0.4 is 21.9 Å². The zero-order chi connectivity index (χ0) is 21.1. The molecule has 1 unspecified atom stereocenters. The maximum absolute atomic E-state index is 10.2. The predicted octanol–water partition coefficient (Wildman–Crippen LogP) is 1.52. The summed E-state index contributed by atoms with van der Waals surface area (Å²) in [6.45, 7) is 4.55. The first kappa shape index (κ1) is 20.6. The minimum Gasteiger partial charge on any atom is -0.508 e. The third-order valence-corrected chi connectivity index (χ3v) is 4.67. The third-order valence-electron chi connectivity index (χ3n) is 4.67. The van der Waals surface area contributed by atoms with Crippen LogP contribution in [0, 0.1) is 13.8 Å². The van der Waals surface area contributed by atoms with E-state index in [0.29, 0.717) is 48.0 Å². The van der Waals surface area contributed by atoms with Crippen molar-refractivity contribution in [2.75, 3.05) is 18.9 Å². The van der Waals surface area contributed by atoms with Crippen LogP contribution in [0.3, 0.4) is 0 Å². The van der Waals surface area contributed by atoms with Gasteiger partial charge in [0.25, 0.3) is 0 Å². The first-order valence-electron chi connectivity index (χ1n) is 9.26. The second kappa shape index (κ2) is 8.48. The van der Waals surface area contributed by atoms with Crippen molar-refractivity contribution in [3.63, 3.8) is 0 Å². The molecule has 3 rings (SSSR count). The number of phenols is 1. The van der Waals surface area contributed by atoms with Crippen LogP contribution in [0.25, 0.3) is 17.1 Å². The SMILES string of the molecule is Cc1ccc(O)c(C)c1-n1nc(-c2ncccc2OCCCN)c(C(N)O)c1N. The second-order valence-electron chi connectivity index (χ2n) is 6.72. The number of nitrogens with two attached hydrogens (primary N) is 3. The summed E-state index contributed by atoms with van der Waals surface area (Å²) in [4.78, 5) is 4.38. The Morgan fingerprint density at radius 1 is 1.21 bits per heavy atom. The number of nitrogens with zero attached hydrogens (tertiary/aromatic N) is 3. The third kappa shape index (κ3) is 3.88. The molecule has 1 atom stereocenters. The van der Waals surface area contributed by atoms with Crippen molar-refractivity contribution >= 4 is 5.82 Å². The van der Waals surface area contributed by atoms with E-state index in [1.54, 1.807) is 37.4 Å². The van der Waals surface area contributed by atoms with E-state index in [4.69, 9.17) is 21.9 Å². The number of benzene rings is 1. The molecular formula is C20H26N6O3. The first-order valence-corrected chi connectivity index (χ1v) is 9.26. The lowest BCUT2D eigenvalue weighted by Crippen LogP contribution is -2.13. The maximum atomic E-state index is 10.2. The zero-order valence-electron chi connectivity index (χ0n) is 16.5. The largest absolute Gasteiger partial charge is 0.508 e. The highest BCUT2D eigenvalue weighted by Crippen LogP contribution is 2.37. The normalized spacial score (nSPS) is 12.2. The number of ether oxygens (including phenoxy) is 1. The molecule has 0 bridgehead atoms. The molecule has 9 heteroatoms. The van der Waals surface area contributed by atoms with E-state index in [-0.39, 0.29) is 17.1 Å². The van der Waals surface area contributed by atoms with Crippen LogP contribution in [0.5, 0.6) is 11.5 Å². The van der Waals surface area contributed by atoms with E-state index in [1.165, 1.54) is 4.68 Å². The first-order chi connectivity index (χ1) is 13.9. The standard InChI is InChI=1S/C20H26N6O3/c1-11-6-7-13(27)12(2)18(11)26-19(22)15(20(23)28)17(25-26)16-14(5-3-9-24-16)29-10-4-8-21/h3,5-7,9,20,27-28H,4,8,10,21-23H2,1-2H3. The van der Waals surface area contributed by atoms with E-state index in [2.05, 4.69) is 10.1 Å². The lowest BCUT2D eigenvalue weighted by atomic mass is 10.1. The number of aliphatic hydroxyl groups excluding tert-OH is 1. The number of aryl methyl sites for hydroxylation is 1. The molecule has 9 nitrogen and oxygen atoms in total. The van der Waals surface area contributed by atoms with Crippen LogP contribution in [-0.4, -0.2) is 38.1 Å². The van der Waals surface area contributed by atoms with Gasteiger partial charge in [-0.2, -0.15) is 5.10 Å². The molecule has 3 aromatic rings. The molecule has 0 radical (unpaired) electrons.